The zero-order valence-electron chi connectivity index (χ0n) is 14.4. The lowest BCUT2D eigenvalue weighted by Gasteiger charge is -2.29. The van der Waals surface area contributed by atoms with Crippen LogP contribution in [0.15, 0.2) is 5.28 Å². The number of carbonyl (C=O) groups is 1. The Morgan fingerprint density at radius 3 is 2.32 bits per heavy atom. The molecule has 1 fully saturated rings. The maximum atomic E-state index is 12.0. The molecule has 22 heavy (non-hydrogen) atoms. The minimum atomic E-state index is -0.315. The van der Waals surface area contributed by atoms with Crippen molar-refractivity contribution in [2.24, 2.45) is 11.2 Å². The molecule has 7 nitrogen and oxygen atoms in total. The van der Waals surface area contributed by atoms with Crippen LogP contribution in [0.25, 0.3) is 0 Å². The van der Waals surface area contributed by atoms with Gasteiger partial charge in [0, 0.05) is 0 Å². The van der Waals surface area contributed by atoms with Crippen molar-refractivity contribution >= 4 is 5.97 Å². The summed E-state index contributed by atoms with van der Waals surface area (Å²) in [6, 6.07) is 0. The molecule has 0 amide bonds. The fourth-order valence-electron chi connectivity index (χ4n) is 2.67. The van der Waals surface area contributed by atoms with Gasteiger partial charge in [0.15, 0.2) is 0 Å². The van der Waals surface area contributed by atoms with Gasteiger partial charge in [0.1, 0.15) is 6.10 Å². The summed E-state index contributed by atoms with van der Waals surface area (Å²) in [5.41, 5.74) is -0.315. The Morgan fingerprint density at radius 1 is 1.27 bits per heavy atom. The molecule has 7 heteroatoms. The number of hydrazine groups is 1. The van der Waals surface area contributed by atoms with Gasteiger partial charge < -0.3 is 14.8 Å². The molecular weight excluding hydrogens is 286 g/mol. The Morgan fingerprint density at radius 2 is 1.86 bits per heavy atom. The van der Waals surface area contributed by atoms with Gasteiger partial charge in [-0.1, -0.05) is 0 Å². The van der Waals surface area contributed by atoms with E-state index < -0.39 is 0 Å². The summed E-state index contributed by atoms with van der Waals surface area (Å²) in [7, 11) is 0. The third-order valence-corrected chi connectivity index (χ3v) is 3.84. The van der Waals surface area contributed by atoms with Gasteiger partial charge in [-0.05, 0) is 60.3 Å². The topological polar surface area (TPSA) is 77.2 Å². The number of hydrogen-bond acceptors (Lipinski definition) is 5. The molecule has 0 aromatic heterocycles. The van der Waals surface area contributed by atoms with Gasteiger partial charge in [-0.3, -0.25) is 4.79 Å². The molecule has 0 unspecified atom stereocenters. The van der Waals surface area contributed by atoms with E-state index in [0.29, 0.717) is 43.8 Å². The molecule has 1 aliphatic carbocycles. The molecule has 0 bridgehead atoms. The van der Waals surface area contributed by atoms with E-state index in [1.54, 1.807) is 5.01 Å². The highest BCUT2D eigenvalue weighted by Crippen LogP contribution is 2.27. The monoisotopic (exact) mass is 315 g/mol. The van der Waals surface area contributed by atoms with E-state index in [0.717, 1.165) is 0 Å². The van der Waals surface area contributed by atoms with E-state index in [1.165, 1.54) is 0 Å². The molecule has 0 heterocycles. The molecule has 0 spiro atoms. The summed E-state index contributed by atoms with van der Waals surface area (Å²) in [5.74, 6) is -0.182. The van der Waals surface area contributed by atoms with Crippen LogP contribution in [0.4, 0.5) is 0 Å². The van der Waals surface area contributed by atoms with Gasteiger partial charge >= 0.3 is 5.97 Å². The van der Waals surface area contributed by atoms with Gasteiger partial charge in [-0.15, -0.1) is 5.01 Å². The Bertz CT molecular complexity index is 385. The predicted octanol–water partition coefficient (Wildman–Crippen LogP) is 3.04. The lowest BCUT2D eigenvalue weighted by Crippen LogP contribution is -2.45. The van der Waals surface area contributed by atoms with Gasteiger partial charge in [-0.25, -0.2) is 0 Å². The number of rotatable bonds is 6. The second-order valence-electron chi connectivity index (χ2n) is 6.55. The highest BCUT2D eigenvalue weighted by molar-refractivity contribution is 5.72. The van der Waals surface area contributed by atoms with Gasteiger partial charge in [0.25, 0.3) is 0 Å². The summed E-state index contributed by atoms with van der Waals surface area (Å²) in [4.78, 5) is 17.5. The van der Waals surface area contributed by atoms with Gasteiger partial charge in [-0.2, -0.15) is 0 Å². The van der Waals surface area contributed by atoms with Crippen LogP contribution in [0.2, 0.25) is 0 Å². The Kier molecular flexibility index (Phi) is 6.90. The van der Waals surface area contributed by atoms with Crippen molar-refractivity contribution in [3.05, 3.63) is 5.21 Å². The molecule has 1 aliphatic rings. The molecule has 1 saturated carbocycles. The fraction of sp³-hybridized carbons (Fsp3) is 0.933. The van der Waals surface area contributed by atoms with Crippen molar-refractivity contribution < 1.29 is 19.3 Å². The molecule has 0 atom stereocenters. The molecule has 0 aromatic rings. The van der Waals surface area contributed by atoms with Crippen molar-refractivity contribution in [2.75, 3.05) is 13.2 Å². The minimum Gasteiger partial charge on any atom is -0.569 e. The van der Waals surface area contributed by atoms with Crippen LogP contribution in [0.1, 0.15) is 60.3 Å². The molecule has 0 N–H and O–H groups in total. The summed E-state index contributed by atoms with van der Waals surface area (Å²) in [6.07, 6.45) is 2.74. The van der Waals surface area contributed by atoms with Crippen molar-refractivity contribution in [3.8, 4) is 0 Å². The van der Waals surface area contributed by atoms with E-state index in [2.05, 4.69) is 5.28 Å². The van der Waals surface area contributed by atoms with Crippen molar-refractivity contribution in [2.45, 2.75) is 71.9 Å². The zero-order valence-corrected chi connectivity index (χ0v) is 14.4. The quantitative estimate of drug-likeness (QED) is 0.326. The number of esters is 1. The van der Waals surface area contributed by atoms with Crippen LogP contribution in [-0.2, 0) is 14.4 Å². The van der Waals surface area contributed by atoms with Crippen molar-refractivity contribution in [1.29, 1.82) is 0 Å². The summed E-state index contributed by atoms with van der Waals surface area (Å²) < 4.78 is 5.03. The average Bonchev–Trinajstić information content (AvgIpc) is 2.45. The molecule has 0 saturated heterocycles. The first-order valence-electron chi connectivity index (χ1n) is 8.07. The van der Waals surface area contributed by atoms with Gasteiger partial charge in [0.2, 0.25) is 5.28 Å². The standard InChI is InChI=1S/C15H29N3O4/c1-6-17(15(3,4)5)18(20)16-22-13-10-8-12(9-11-13)14(19)21-7-2/h12-13H,6-11H2,1-5H3/b18-16-. The third kappa shape index (κ3) is 5.35. The van der Waals surface area contributed by atoms with E-state index in [1.807, 2.05) is 34.6 Å². The molecule has 0 aromatic carbocycles. The second kappa shape index (κ2) is 8.19. The lowest BCUT2D eigenvalue weighted by atomic mass is 9.87. The van der Waals surface area contributed by atoms with Crippen molar-refractivity contribution in [1.82, 2.24) is 5.01 Å². The second-order valence-corrected chi connectivity index (χ2v) is 6.55. The maximum Gasteiger partial charge on any atom is 0.308 e. The van der Waals surface area contributed by atoms with E-state index in [9.17, 15) is 10.0 Å². The Hall–Kier alpha value is -1.53. The third-order valence-electron chi connectivity index (χ3n) is 3.84. The SMILES string of the molecule is CCOC(=O)C1CCC(O/N=[N+](\[O-])N(CC)C(C)(C)C)CC1. The van der Waals surface area contributed by atoms with Crippen LogP contribution in [0, 0.1) is 11.1 Å². The molecular formula is C15H29N3O4. The highest BCUT2D eigenvalue weighted by Gasteiger charge is 2.30. The Labute approximate surface area is 132 Å². The smallest absolute Gasteiger partial charge is 0.308 e. The fourth-order valence-corrected chi connectivity index (χ4v) is 2.67. The molecule has 128 valence electrons. The van der Waals surface area contributed by atoms with Crippen LogP contribution in [0.3, 0.4) is 0 Å². The zero-order chi connectivity index (χ0) is 16.8. The maximum absolute atomic E-state index is 12.0. The molecule has 0 aliphatic heterocycles. The number of ether oxygens (including phenoxy) is 1. The van der Waals surface area contributed by atoms with Crippen molar-refractivity contribution in [3.63, 3.8) is 0 Å². The van der Waals surface area contributed by atoms with Crippen LogP contribution >= 0.6 is 0 Å². The average molecular weight is 315 g/mol. The van der Waals surface area contributed by atoms with E-state index in [4.69, 9.17) is 9.57 Å². The lowest BCUT2D eigenvalue weighted by molar-refractivity contribution is -0.725. The first-order chi connectivity index (χ1) is 10.3. The minimum absolute atomic E-state index is 0.0510. The summed E-state index contributed by atoms with van der Waals surface area (Å²) in [6.45, 7) is 10.5. The summed E-state index contributed by atoms with van der Waals surface area (Å²) in [5, 5.41) is 17.3. The van der Waals surface area contributed by atoms with Crippen LogP contribution in [0.5, 0.6) is 0 Å². The predicted molar refractivity (Wildman–Crippen MR) is 81.7 cm³/mol. The molecule has 1 rings (SSSR count). The number of carbonyl (C=O) groups excluding carboxylic acids is 1. The van der Waals surface area contributed by atoms with E-state index in [-0.39, 0.29) is 23.5 Å². The number of hydrogen-bond donors (Lipinski definition) is 0. The first kappa shape index (κ1) is 18.5. The first-order valence-corrected chi connectivity index (χ1v) is 8.07. The Balaban J connectivity index is 2.47. The van der Waals surface area contributed by atoms with E-state index >= 15 is 0 Å². The highest BCUT2D eigenvalue weighted by atomic mass is 16.7. The summed E-state index contributed by atoms with van der Waals surface area (Å²) >= 11 is 0. The van der Waals surface area contributed by atoms with Crippen LogP contribution < -0.4 is 0 Å². The number of nitrogens with zero attached hydrogens (tertiary/aromatic N) is 3. The normalized spacial score (nSPS) is 23.0. The van der Waals surface area contributed by atoms with Crippen LogP contribution in [-0.4, -0.2) is 40.7 Å². The molecule has 0 radical (unpaired) electrons. The van der Waals surface area contributed by atoms with Gasteiger partial charge in [0.05, 0.1) is 29.6 Å². The largest absolute Gasteiger partial charge is 0.569 e.